The molecule has 1 nitrogen and oxygen atoms in total. The summed E-state index contributed by atoms with van der Waals surface area (Å²) in [5.74, 6) is 0.530. The Morgan fingerprint density at radius 2 is 2.00 bits per heavy atom. The van der Waals surface area contributed by atoms with E-state index in [1.807, 2.05) is 13.8 Å². The summed E-state index contributed by atoms with van der Waals surface area (Å²) in [6, 6.07) is 0. The summed E-state index contributed by atoms with van der Waals surface area (Å²) in [4.78, 5) is 9.62. The molecule has 7 heavy (non-hydrogen) atoms. The van der Waals surface area contributed by atoms with E-state index in [4.69, 9.17) is 0 Å². The molecule has 0 saturated carbocycles. The normalized spacial score (nSPS) is 7.86. The molecule has 0 heterocycles. The van der Waals surface area contributed by atoms with Crippen molar-refractivity contribution >= 4 is 25.1 Å². The molecule has 0 aromatic heterocycles. The Morgan fingerprint density at radius 1 is 1.57 bits per heavy atom. The molecule has 0 bridgehead atoms. The molecule has 0 radical (unpaired) electrons. The van der Waals surface area contributed by atoms with Gasteiger partial charge < -0.3 is 4.79 Å². The van der Waals surface area contributed by atoms with Gasteiger partial charge in [0.05, 0.1) is 0 Å². The molecule has 0 saturated heterocycles. The molecular formula is C5H11LiO. The van der Waals surface area contributed by atoms with Crippen LogP contribution in [0.15, 0.2) is 0 Å². The van der Waals surface area contributed by atoms with Crippen molar-refractivity contribution in [2.75, 3.05) is 0 Å². The fraction of sp³-hybridized carbons (Fsp3) is 0.800. The van der Waals surface area contributed by atoms with Crippen molar-refractivity contribution in [2.45, 2.75) is 20.3 Å². The zero-order chi connectivity index (χ0) is 4.99. The van der Waals surface area contributed by atoms with Crippen molar-refractivity contribution in [1.82, 2.24) is 0 Å². The molecule has 0 N–H and O–H groups in total. The Hall–Kier alpha value is 0.267. The number of aldehydes is 1. The molecule has 0 aliphatic carbocycles. The SMILES string of the molecule is CC(C)CC=O.[LiH]. The van der Waals surface area contributed by atoms with Gasteiger partial charge in [0.15, 0.2) is 0 Å². The molecule has 0 unspecified atom stereocenters. The van der Waals surface area contributed by atoms with E-state index in [0.29, 0.717) is 12.3 Å². The summed E-state index contributed by atoms with van der Waals surface area (Å²) in [5.41, 5.74) is 0. The molecule has 0 aliphatic rings. The second-order valence-corrected chi connectivity index (χ2v) is 1.80. The van der Waals surface area contributed by atoms with Crippen LogP contribution in [-0.4, -0.2) is 25.1 Å². The van der Waals surface area contributed by atoms with Crippen LogP contribution in [0.2, 0.25) is 0 Å². The molecule has 0 amide bonds. The molecule has 0 spiro atoms. The number of carbonyl (C=O) groups is 1. The first kappa shape index (κ1) is 10.3. The quantitative estimate of drug-likeness (QED) is 0.361. The average Bonchev–Trinajstić information content (AvgIpc) is 1.35. The average molecular weight is 94.1 g/mol. The van der Waals surface area contributed by atoms with E-state index in [0.717, 1.165) is 6.29 Å². The summed E-state index contributed by atoms with van der Waals surface area (Å²) in [7, 11) is 0. The van der Waals surface area contributed by atoms with Crippen LogP contribution in [-0.2, 0) is 4.79 Å². The van der Waals surface area contributed by atoms with Gasteiger partial charge in [0.1, 0.15) is 6.29 Å². The molecule has 0 aliphatic heterocycles. The number of hydrogen-bond acceptors (Lipinski definition) is 1. The standard InChI is InChI=1S/C5H10O.Li.H/c1-5(2)3-4-6;;/h4-5H,3H2,1-2H3;;. The molecule has 2 heteroatoms. The van der Waals surface area contributed by atoms with Gasteiger partial charge in [-0.25, -0.2) is 0 Å². The topological polar surface area (TPSA) is 17.1 Å². The fourth-order valence-corrected chi connectivity index (χ4v) is 0.192. The first-order chi connectivity index (χ1) is 2.77. The minimum absolute atomic E-state index is 0. The van der Waals surface area contributed by atoms with Crippen LogP contribution in [0.5, 0.6) is 0 Å². The third kappa shape index (κ3) is 10.7. The van der Waals surface area contributed by atoms with Crippen LogP contribution < -0.4 is 0 Å². The van der Waals surface area contributed by atoms with Gasteiger partial charge in [0.25, 0.3) is 0 Å². The van der Waals surface area contributed by atoms with Gasteiger partial charge in [0.2, 0.25) is 0 Å². The van der Waals surface area contributed by atoms with E-state index in [9.17, 15) is 4.79 Å². The summed E-state index contributed by atoms with van der Waals surface area (Å²) in [6.45, 7) is 4.04. The second-order valence-electron chi connectivity index (χ2n) is 1.80. The van der Waals surface area contributed by atoms with E-state index in [1.54, 1.807) is 0 Å². The van der Waals surface area contributed by atoms with Crippen molar-refractivity contribution < 1.29 is 4.79 Å². The van der Waals surface area contributed by atoms with Crippen LogP contribution in [0.1, 0.15) is 20.3 Å². The molecule has 0 aromatic carbocycles. The number of rotatable bonds is 2. The van der Waals surface area contributed by atoms with E-state index < -0.39 is 0 Å². The molecule has 0 atom stereocenters. The number of carbonyl (C=O) groups excluding carboxylic acids is 1. The van der Waals surface area contributed by atoms with Gasteiger partial charge in [-0.2, -0.15) is 0 Å². The maximum atomic E-state index is 9.62. The van der Waals surface area contributed by atoms with Crippen molar-refractivity contribution in [2.24, 2.45) is 5.92 Å². The Balaban J connectivity index is 0. The molecule has 38 valence electrons. The van der Waals surface area contributed by atoms with Gasteiger partial charge in [-0.1, -0.05) is 13.8 Å². The zero-order valence-corrected chi connectivity index (χ0v) is 4.27. The van der Waals surface area contributed by atoms with Crippen LogP contribution in [0, 0.1) is 5.92 Å². The van der Waals surface area contributed by atoms with Gasteiger partial charge in [-0.15, -0.1) is 0 Å². The van der Waals surface area contributed by atoms with E-state index in [1.165, 1.54) is 0 Å². The summed E-state index contributed by atoms with van der Waals surface area (Å²) in [5, 5.41) is 0. The summed E-state index contributed by atoms with van der Waals surface area (Å²) < 4.78 is 0. The van der Waals surface area contributed by atoms with E-state index in [2.05, 4.69) is 0 Å². The van der Waals surface area contributed by atoms with Crippen LogP contribution >= 0.6 is 0 Å². The van der Waals surface area contributed by atoms with Crippen LogP contribution in [0.4, 0.5) is 0 Å². The maximum absolute atomic E-state index is 9.62. The molecule has 0 fully saturated rings. The first-order valence-corrected chi connectivity index (χ1v) is 2.21. The van der Waals surface area contributed by atoms with Crippen molar-refractivity contribution in [3.8, 4) is 0 Å². The Bertz CT molecular complexity index is 43.3. The first-order valence-electron chi connectivity index (χ1n) is 2.21. The van der Waals surface area contributed by atoms with Crippen molar-refractivity contribution in [1.29, 1.82) is 0 Å². The molecule has 0 aromatic rings. The minimum atomic E-state index is 0. The van der Waals surface area contributed by atoms with Gasteiger partial charge in [-0.05, 0) is 5.92 Å². The summed E-state index contributed by atoms with van der Waals surface area (Å²) >= 11 is 0. The number of hydrogen-bond donors (Lipinski definition) is 0. The van der Waals surface area contributed by atoms with Gasteiger partial charge in [0, 0.05) is 6.42 Å². The second kappa shape index (κ2) is 6.27. The third-order valence-corrected chi connectivity index (χ3v) is 0.568. The van der Waals surface area contributed by atoms with Crippen LogP contribution in [0.3, 0.4) is 0 Å². The Morgan fingerprint density at radius 3 is 2.00 bits per heavy atom. The van der Waals surface area contributed by atoms with Crippen LogP contribution in [0.25, 0.3) is 0 Å². The molecule has 0 rings (SSSR count). The molecular weight excluding hydrogens is 83.0 g/mol. The zero-order valence-electron chi connectivity index (χ0n) is 4.27. The van der Waals surface area contributed by atoms with E-state index in [-0.39, 0.29) is 18.9 Å². The summed E-state index contributed by atoms with van der Waals surface area (Å²) in [6.07, 6.45) is 1.64. The third-order valence-electron chi connectivity index (χ3n) is 0.568. The predicted octanol–water partition coefficient (Wildman–Crippen LogP) is 0.583. The van der Waals surface area contributed by atoms with Crippen molar-refractivity contribution in [3.63, 3.8) is 0 Å². The Kier molecular flexibility index (Phi) is 9.21. The van der Waals surface area contributed by atoms with E-state index >= 15 is 0 Å². The van der Waals surface area contributed by atoms with Gasteiger partial charge in [-0.3, -0.25) is 0 Å². The van der Waals surface area contributed by atoms with Crippen molar-refractivity contribution in [3.05, 3.63) is 0 Å². The monoisotopic (exact) mass is 94.1 g/mol. The Labute approximate surface area is 56.7 Å². The fourth-order valence-electron chi connectivity index (χ4n) is 0.192. The predicted molar refractivity (Wildman–Crippen MR) is 32.7 cm³/mol. The van der Waals surface area contributed by atoms with Gasteiger partial charge >= 0.3 is 18.9 Å².